The van der Waals surface area contributed by atoms with Gasteiger partial charge in [-0.05, 0) is 42.0 Å². The number of pyridine rings is 1. The Hall–Kier alpha value is -6.28. The maximum absolute atomic E-state index is 14.0. The minimum atomic E-state index is -0.949. The molecule has 1 saturated heterocycles. The van der Waals surface area contributed by atoms with Gasteiger partial charge in [-0.3, -0.25) is 24.0 Å². The summed E-state index contributed by atoms with van der Waals surface area (Å²) in [6.07, 6.45) is 5.70. The van der Waals surface area contributed by atoms with Crippen molar-refractivity contribution in [1.82, 2.24) is 55.2 Å². The van der Waals surface area contributed by atoms with Crippen LogP contribution in [0.25, 0.3) is 21.9 Å². The normalized spacial score (nSPS) is 15.3. The summed E-state index contributed by atoms with van der Waals surface area (Å²) in [5.74, 6) is -1.12. The van der Waals surface area contributed by atoms with Gasteiger partial charge in [0.1, 0.15) is 17.9 Å². The lowest BCUT2D eigenvalue weighted by Crippen LogP contribution is -2.57. The number of rotatable bonds is 30. The molecule has 0 bridgehead atoms. The van der Waals surface area contributed by atoms with Gasteiger partial charge in [-0.1, -0.05) is 68.2 Å². The molecule has 1 aliphatic rings. The van der Waals surface area contributed by atoms with Crippen molar-refractivity contribution >= 4 is 69.6 Å². The maximum Gasteiger partial charge on any atom is 0.246 e. The topological polar surface area (TPSA) is 265 Å². The van der Waals surface area contributed by atoms with Crippen LogP contribution in [0.3, 0.4) is 0 Å². The number of carbonyl (C=O) groups is 5. The van der Waals surface area contributed by atoms with Crippen LogP contribution in [0, 0.1) is 12.3 Å². The van der Waals surface area contributed by atoms with Crippen LogP contribution in [0.15, 0.2) is 66.7 Å². The molecule has 1 aromatic carbocycles. The molecule has 6 aromatic rings. The minimum absolute atomic E-state index is 0.00228. The Balaban J connectivity index is 0.703. The van der Waals surface area contributed by atoms with Gasteiger partial charge in [-0.2, -0.15) is 10.2 Å². The van der Waals surface area contributed by atoms with Gasteiger partial charge < -0.3 is 49.6 Å². The molecule has 25 heteroatoms. The molecular weight excluding hydrogens is 1090 g/mol. The summed E-state index contributed by atoms with van der Waals surface area (Å²) in [5, 5.41) is 28.4. The molecule has 6 heterocycles. The van der Waals surface area contributed by atoms with Crippen LogP contribution in [-0.4, -0.2) is 158 Å². The van der Waals surface area contributed by atoms with Crippen LogP contribution in [-0.2, 0) is 73.6 Å². The van der Waals surface area contributed by atoms with E-state index in [2.05, 4.69) is 41.1 Å². The number of likely N-dealkylation sites (tertiary alicyclic amines) is 1. The highest BCUT2D eigenvalue weighted by Gasteiger charge is 2.44. The number of amides is 4. The molecule has 5 aromatic heterocycles. The van der Waals surface area contributed by atoms with Gasteiger partial charge in [0.2, 0.25) is 23.6 Å². The number of aliphatic hydroxyl groups is 1. The number of thiazole rings is 1. The highest BCUT2D eigenvalue weighted by atomic mass is 35.5. The first-order valence-electron chi connectivity index (χ1n) is 26.3. The average Bonchev–Trinajstić information content (AvgIpc) is 4.33. The number of aromatic nitrogens is 7. The van der Waals surface area contributed by atoms with Crippen molar-refractivity contribution in [3.8, 4) is 16.3 Å². The number of Topliss-reactive ketones (excluding diaryl/α,β-unsaturated/α-hetero) is 1. The Labute approximate surface area is 478 Å². The van der Waals surface area contributed by atoms with E-state index in [1.165, 1.54) is 9.58 Å². The number of methoxy groups -OCH3 is 1. The molecule has 0 unspecified atom stereocenters. The summed E-state index contributed by atoms with van der Waals surface area (Å²) < 4.78 is 30.9. The zero-order valence-corrected chi connectivity index (χ0v) is 48.1. The molecule has 7 rings (SSSR count). The number of fused-ring (bicyclic) bond motifs is 1. The molecule has 0 radical (unpaired) electrons. The molecular formula is C55H69Cl2N11O11S. The summed E-state index contributed by atoms with van der Waals surface area (Å²) in [5.41, 5.74) is 7.26. The highest BCUT2D eigenvalue weighted by Crippen LogP contribution is 2.29. The predicted octanol–water partition coefficient (Wildman–Crippen LogP) is 5.38. The van der Waals surface area contributed by atoms with Crippen molar-refractivity contribution in [2.45, 2.75) is 104 Å². The Kier molecular flexibility index (Phi) is 22.6. The molecule has 4 atom stereocenters. The molecule has 0 aliphatic carbocycles. The molecule has 4 N–H and O–H groups in total. The first-order valence-corrected chi connectivity index (χ1v) is 27.9. The summed E-state index contributed by atoms with van der Waals surface area (Å²) in [4.78, 5) is 81.8. The van der Waals surface area contributed by atoms with E-state index in [1.807, 2.05) is 58.9 Å². The number of nitrogens with zero attached hydrogens (tertiary/aromatic N) is 8. The lowest BCUT2D eigenvalue weighted by Gasteiger charge is -2.35. The van der Waals surface area contributed by atoms with E-state index >= 15 is 0 Å². The number of β-amino-alcohol motifs (C(OH)–C–C–N with tert-alkyl or cyclic N) is 1. The fourth-order valence-corrected chi connectivity index (χ4v) is 10.1. The zero-order chi connectivity index (χ0) is 57.3. The van der Waals surface area contributed by atoms with Crippen LogP contribution in [0.4, 0.5) is 0 Å². The standard InChI is InChI=1S/C55H69Cl2N11O11S/c1-34-50(80-33-62-34)39-9-7-36(8-10-39)26-61-53(73)44-24-42(70)32-66(44)54(74)51(55(3,4)5)64-48(72)12-14-77-16-18-79-20-19-78-17-15-76-13-11-47(71)59-28-38-29-63-67(31-38)52-43(56)22-37(27-60-52)21-41(69)23-40-30-58-46-25-45(57)65-68(46)49(40)35(2)75-6/h7-10,22,25,27,29-31,33,35,42,44,51,70H,11-21,23-24,26,28,32H2,1-6H3,(H,59,71)(H,61,73)(H,64,72)/t35-,42+,44-,51+/m0/s1. The number of halogens is 2. The van der Waals surface area contributed by atoms with E-state index < -0.39 is 29.5 Å². The van der Waals surface area contributed by atoms with Crippen LogP contribution >= 0.6 is 34.5 Å². The van der Waals surface area contributed by atoms with Crippen molar-refractivity contribution in [2.24, 2.45) is 5.41 Å². The predicted molar refractivity (Wildman–Crippen MR) is 298 cm³/mol. The van der Waals surface area contributed by atoms with Gasteiger partial charge in [0.15, 0.2) is 16.6 Å². The first kappa shape index (κ1) is 61.3. The van der Waals surface area contributed by atoms with Crippen LogP contribution in [0.5, 0.6) is 0 Å². The van der Waals surface area contributed by atoms with E-state index in [4.69, 9.17) is 46.9 Å². The Morgan fingerprint density at radius 1 is 0.812 bits per heavy atom. The third-order valence-corrected chi connectivity index (χ3v) is 14.5. The van der Waals surface area contributed by atoms with Crippen molar-refractivity contribution in [3.05, 3.63) is 111 Å². The molecule has 0 spiro atoms. The van der Waals surface area contributed by atoms with E-state index in [-0.39, 0.29) is 113 Å². The maximum atomic E-state index is 14.0. The number of aliphatic hydroxyl groups excluding tert-OH is 1. The summed E-state index contributed by atoms with van der Waals surface area (Å²) in [6, 6.07) is 9.32. The lowest BCUT2D eigenvalue weighted by molar-refractivity contribution is -0.144. The second kappa shape index (κ2) is 29.4. The molecule has 0 saturated carbocycles. The van der Waals surface area contributed by atoms with Crippen LogP contribution in [0.1, 0.15) is 86.7 Å². The number of hydrogen-bond acceptors (Lipinski definition) is 17. The van der Waals surface area contributed by atoms with Crippen LogP contribution < -0.4 is 16.0 Å². The molecule has 22 nitrogen and oxygen atoms in total. The molecule has 80 heavy (non-hydrogen) atoms. The zero-order valence-electron chi connectivity index (χ0n) is 45.7. The minimum Gasteiger partial charge on any atom is -0.391 e. The number of ether oxygens (including phenoxy) is 5. The van der Waals surface area contributed by atoms with Crippen molar-refractivity contribution in [1.29, 1.82) is 0 Å². The summed E-state index contributed by atoms with van der Waals surface area (Å²) in [7, 11) is 1.58. The van der Waals surface area contributed by atoms with Gasteiger partial charge in [0, 0.05) is 94.6 Å². The molecule has 430 valence electrons. The quantitative estimate of drug-likeness (QED) is 0.0413. The number of benzene rings is 1. The Morgan fingerprint density at radius 3 is 2.11 bits per heavy atom. The smallest absolute Gasteiger partial charge is 0.246 e. The Morgan fingerprint density at radius 2 is 1.48 bits per heavy atom. The summed E-state index contributed by atoms with van der Waals surface area (Å²) in [6.45, 7) is 11.8. The Bertz CT molecular complexity index is 3060. The second-order valence-electron chi connectivity index (χ2n) is 20.3. The molecule has 1 fully saturated rings. The highest BCUT2D eigenvalue weighted by molar-refractivity contribution is 7.13. The number of ketones is 1. The van der Waals surface area contributed by atoms with Gasteiger partial charge >= 0.3 is 0 Å². The van der Waals surface area contributed by atoms with Gasteiger partial charge in [-0.25, -0.2) is 24.1 Å². The van der Waals surface area contributed by atoms with Crippen molar-refractivity contribution in [3.63, 3.8) is 0 Å². The number of hydrogen-bond donors (Lipinski definition) is 4. The second-order valence-corrected chi connectivity index (χ2v) is 21.9. The van der Waals surface area contributed by atoms with E-state index in [1.54, 1.807) is 65.4 Å². The fourth-order valence-electron chi connectivity index (χ4n) is 8.84. The van der Waals surface area contributed by atoms with Crippen molar-refractivity contribution < 1.29 is 52.8 Å². The van der Waals surface area contributed by atoms with E-state index in [0.29, 0.717) is 59.7 Å². The number of aryl methyl sites for hydroxylation is 1. The van der Waals surface area contributed by atoms with Gasteiger partial charge in [0.25, 0.3) is 0 Å². The lowest BCUT2D eigenvalue weighted by atomic mass is 9.85. The number of nitrogens with one attached hydrogen (secondary N) is 3. The van der Waals surface area contributed by atoms with E-state index in [0.717, 1.165) is 27.3 Å². The third-order valence-electron chi connectivity index (χ3n) is 13.1. The van der Waals surface area contributed by atoms with E-state index in [9.17, 15) is 29.1 Å². The summed E-state index contributed by atoms with van der Waals surface area (Å²) >= 11 is 14.3. The van der Waals surface area contributed by atoms with Gasteiger partial charge in [-0.15, -0.1) is 11.3 Å². The van der Waals surface area contributed by atoms with Crippen LogP contribution in [0.2, 0.25) is 10.2 Å². The average molecular weight is 1160 g/mol. The fraction of sp³-hybridized carbons (Fsp3) is 0.491. The number of carbonyl (C=O) groups excluding carboxylic acids is 5. The molecule has 1 aliphatic heterocycles. The third kappa shape index (κ3) is 17.4. The van der Waals surface area contributed by atoms with Gasteiger partial charge in [0.05, 0.1) is 98.1 Å². The largest absolute Gasteiger partial charge is 0.391 e. The van der Waals surface area contributed by atoms with Crippen molar-refractivity contribution in [2.75, 3.05) is 66.5 Å². The molecule has 4 amide bonds. The first-order chi connectivity index (χ1) is 38.4. The SMILES string of the molecule is CO[C@@H](C)c1c(CC(=O)Cc2cnc(-n3cc(CNC(=O)CCOCCOCCOCCOCCC(=O)N[C@H](C(=O)N4C[C@H](O)C[C@H]4C(=O)NCc4ccc(-c5scnc5C)cc4)C(C)(C)C)cn3)c(Cl)c2)cnc2cc(Cl)nn12. The monoisotopic (exact) mass is 1160 g/mol.